The number of imidazole rings is 1. The average molecular weight is 286 g/mol. The van der Waals surface area contributed by atoms with Gasteiger partial charge in [0.15, 0.2) is 0 Å². The third-order valence-electron chi connectivity index (χ3n) is 4.20. The fourth-order valence-corrected chi connectivity index (χ4v) is 3.18. The minimum Gasteiger partial charge on any atom is -0.292 e. The topological polar surface area (TPSA) is 17.8 Å². The van der Waals surface area contributed by atoms with E-state index in [1.54, 1.807) is 0 Å². The number of allylic oxidation sites excluding steroid dienone is 2. The van der Waals surface area contributed by atoms with Crippen molar-refractivity contribution in [3.8, 4) is 17.1 Å². The fourth-order valence-electron chi connectivity index (χ4n) is 3.18. The van der Waals surface area contributed by atoms with Crippen molar-refractivity contribution >= 4 is 5.57 Å². The smallest absolute Gasteiger partial charge is 0.145 e. The van der Waals surface area contributed by atoms with Gasteiger partial charge >= 0.3 is 0 Å². The second-order valence-corrected chi connectivity index (χ2v) is 5.69. The van der Waals surface area contributed by atoms with Crippen molar-refractivity contribution < 1.29 is 0 Å². The standard InChI is InChI=1S/C20H18N2/c1-15-9-8-14-18-19(15)22(17-12-6-3-7-13-17)20(21-18)16-10-4-2-5-11-16/h2-7,9-13H,8,14H2,1H3. The van der Waals surface area contributed by atoms with E-state index in [0.29, 0.717) is 0 Å². The van der Waals surface area contributed by atoms with E-state index in [9.17, 15) is 0 Å². The Morgan fingerprint density at radius 2 is 1.59 bits per heavy atom. The van der Waals surface area contributed by atoms with Crippen molar-refractivity contribution in [2.45, 2.75) is 19.8 Å². The highest BCUT2D eigenvalue weighted by Gasteiger charge is 2.22. The molecule has 108 valence electrons. The van der Waals surface area contributed by atoms with Gasteiger partial charge in [-0.15, -0.1) is 0 Å². The van der Waals surface area contributed by atoms with E-state index in [0.717, 1.165) is 24.2 Å². The van der Waals surface area contributed by atoms with Gasteiger partial charge in [0, 0.05) is 11.3 Å². The second-order valence-electron chi connectivity index (χ2n) is 5.69. The van der Waals surface area contributed by atoms with E-state index in [2.05, 4.69) is 72.2 Å². The lowest BCUT2D eigenvalue weighted by atomic mass is 10.0. The van der Waals surface area contributed by atoms with E-state index >= 15 is 0 Å². The van der Waals surface area contributed by atoms with Crippen molar-refractivity contribution in [3.63, 3.8) is 0 Å². The Balaban J connectivity index is 2.02. The molecular weight excluding hydrogens is 268 g/mol. The molecule has 0 N–H and O–H groups in total. The number of rotatable bonds is 2. The van der Waals surface area contributed by atoms with Crippen LogP contribution in [-0.4, -0.2) is 9.55 Å². The number of aromatic nitrogens is 2. The number of hydrogen-bond acceptors (Lipinski definition) is 1. The molecular formula is C20H18N2. The minimum absolute atomic E-state index is 1.02. The average Bonchev–Trinajstić information content (AvgIpc) is 2.97. The van der Waals surface area contributed by atoms with Crippen LogP contribution in [0.3, 0.4) is 0 Å². The molecule has 0 amide bonds. The van der Waals surface area contributed by atoms with Gasteiger partial charge in [0.05, 0.1) is 11.4 Å². The summed E-state index contributed by atoms with van der Waals surface area (Å²) < 4.78 is 2.30. The summed E-state index contributed by atoms with van der Waals surface area (Å²) in [5, 5.41) is 0. The SMILES string of the molecule is CC1=CCCc2nc(-c3ccccc3)n(-c3ccccc3)c21. The van der Waals surface area contributed by atoms with Crippen LogP contribution in [0, 0.1) is 0 Å². The summed E-state index contributed by atoms with van der Waals surface area (Å²) in [6.45, 7) is 2.19. The summed E-state index contributed by atoms with van der Waals surface area (Å²) >= 11 is 0. The Labute approximate surface area is 130 Å². The van der Waals surface area contributed by atoms with Gasteiger partial charge in [-0.2, -0.15) is 0 Å². The third-order valence-corrected chi connectivity index (χ3v) is 4.20. The van der Waals surface area contributed by atoms with E-state index < -0.39 is 0 Å². The zero-order valence-corrected chi connectivity index (χ0v) is 12.7. The van der Waals surface area contributed by atoms with Gasteiger partial charge in [-0.1, -0.05) is 54.6 Å². The molecule has 0 bridgehead atoms. The van der Waals surface area contributed by atoms with Crippen LogP contribution in [0.15, 0.2) is 66.7 Å². The molecule has 0 saturated carbocycles. The molecule has 1 aliphatic carbocycles. The summed E-state index contributed by atoms with van der Waals surface area (Å²) in [6, 6.07) is 21.0. The number of hydrogen-bond donors (Lipinski definition) is 0. The Kier molecular flexibility index (Phi) is 3.15. The molecule has 0 aliphatic heterocycles. The largest absolute Gasteiger partial charge is 0.292 e. The Hall–Kier alpha value is -2.61. The summed E-state index contributed by atoms with van der Waals surface area (Å²) in [6.07, 6.45) is 4.42. The van der Waals surface area contributed by atoms with Gasteiger partial charge in [-0.25, -0.2) is 4.98 Å². The molecule has 0 saturated heterocycles. The molecule has 1 heterocycles. The van der Waals surface area contributed by atoms with Crippen LogP contribution in [0.5, 0.6) is 0 Å². The predicted octanol–water partition coefficient (Wildman–Crippen LogP) is 4.89. The number of benzene rings is 2. The van der Waals surface area contributed by atoms with Gasteiger partial charge in [0.2, 0.25) is 0 Å². The van der Waals surface area contributed by atoms with Gasteiger partial charge in [-0.05, 0) is 37.5 Å². The minimum atomic E-state index is 1.02. The highest BCUT2D eigenvalue weighted by molar-refractivity contribution is 5.72. The first-order chi connectivity index (χ1) is 10.8. The Bertz CT molecular complexity index is 827. The maximum absolute atomic E-state index is 4.97. The lowest BCUT2D eigenvalue weighted by Gasteiger charge is -2.15. The molecule has 3 aromatic rings. The first-order valence-corrected chi connectivity index (χ1v) is 7.74. The molecule has 0 spiro atoms. The second kappa shape index (κ2) is 5.30. The van der Waals surface area contributed by atoms with E-state index in [1.165, 1.54) is 22.6 Å². The zero-order valence-electron chi connectivity index (χ0n) is 12.7. The quantitative estimate of drug-likeness (QED) is 0.656. The summed E-state index contributed by atoms with van der Waals surface area (Å²) in [4.78, 5) is 4.97. The van der Waals surface area contributed by atoms with Crippen molar-refractivity contribution in [2.24, 2.45) is 0 Å². The van der Waals surface area contributed by atoms with Gasteiger partial charge in [-0.3, -0.25) is 4.57 Å². The van der Waals surface area contributed by atoms with Crippen LogP contribution in [0.2, 0.25) is 0 Å². The van der Waals surface area contributed by atoms with Crippen molar-refractivity contribution in [1.29, 1.82) is 0 Å². The van der Waals surface area contributed by atoms with E-state index in [-0.39, 0.29) is 0 Å². The van der Waals surface area contributed by atoms with Gasteiger partial charge in [0.1, 0.15) is 5.82 Å². The van der Waals surface area contributed by atoms with Crippen molar-refractivity contribution in [3.05, 3.63) is 78.1 Å². The third kappa shape index (κ3) is 2.08. The van der Waals surface area contributed by atoms with E-state index in [4.69, 9.17) is 4.98 Å². The monoisotopic (exact) mass is 286 g/mol. The molecule has 2 heteroatoms. The summed E-state index contributed by atoms with van der Waals surface area (Å²) in [7, 11) is 0. The van der Waals surface area contributed by atoms with Crippen molar-refractivity contribution in [2.75, 3.05) is 0 Å². The van der Waals surface area contributed by atoms with E-state index in [1.807, 2.05) is 6.07 Å². The molecule has 0 fully saturated rings. The molecule has 0 radical (unpaired) electrons. The Morgan fingerprint density at radius 3 is 2.32 bits per heavy atom. The molecule has 2 nitrogen and oxygen atoms in total. The Morgan fingerprint density at radius 1 is 0.909 bits per heavy atom. The fraction of sp³-hybridized carbons (Fsp3) is 0.150. The van der Waals surface area contributed by atoms with Crippen LogP contribution in [0.1, 0.15) is 24.7 Å². The molecule has 1 aromatic heterocycles. The van der Waals surface area contributed by atoms with Crippen LogP contribution >= 0.6 is 0 Å². The lowest BCUT2D eigenvalue weighted by molar-refractivity contribution is 0.925. The normalized spacial score (nSPS) is 13.6. The first-order valence-electron chi connectivity index (χ1n) is 7.74. The van der Waals surface area contributed by atoms with Crippen molar-refractivity contribution in [1.82, 2.24) is 9.55 Å². The highest BCUT2D eigenvalue weighted by atomic mass is 15.1. The maximum atomic E-state index is 4.97. The molecule has 2 aromatic carbocycles. The molecule has 0 atom stereocenters. The van der Waals surface area contributed by atoms with Crippen LogP contribution in [-0.2, 0) is 6.42 Å². The van der Waals surface area contributed by atoms with Gasteiger partial charge in [0.25, 0.3) is 0 Å². The molecule has 4 rings (SSSR count). The lowest BCUT2D eigenvalue weighted by Crippen LogP contribution is -2.04. The number of para-hydroxylation sites is 1. The number of nitrogens with zero attached hydrogens (tertiary/aromatic N) is 2. The van der Waals surface area contributed by atoms with Crippen LogP contribution < -0.4 is 0 Å². The van der Waals surface area contributed by atoms with Crippen LogP contribution in [0.25, 0.3) is 22.6 Å². The first kappa shape index (κ1) is 13.1. The zero-order chi connectivity index (χ0) is 14.9. The number of fused-ring (bicyclic) bond motifs is 1. The molecule has 22 heavy (non-hydrogen) atoms. The van der Waals surface area contributed by atoms with Gasteiger partial charge < -0.3 is 0 Å². The maximum Gasteiger partial charge on any atom is 0.145 e. The summed E-state index contributed by atoms with van der Waals surface area (Å²) in [5.41, 5.74) is 6.12. The van der Waals surface area contributed by atoms with Crippen LogP contribution in [0.4, 0.5) is 0 Å². The predicted molar refractivity (Wildman–Crippen MR) is 91.0 cm³/mol. The molecule has 0 unspecified atom stereocenters. The summed E-state index contributed by atoms with van der Waals surface area (Å²) in [5.74, 6) is 1.03. The number of aryl methyl sites for hydroxylation is 1. The highest BCUT2D eigenvalue weighted by Crippen LogP contribution is 2.33. The molecule has 1 aliphatic rings.